The first kappa shape index (κ1) is 31.9. The zero-order valence-electron chi connectivity index (χ0n) is 24.3. The Hall–Kier alpha value is -3.99. The van der Waals surface area contributed by atoms with Gasteiger partial charge in [0.1, 0.15) is 30.0 Å². The summed E-state index contributed by atoms with van der Waals surface area (Å²) in [7, 11) is -2.86. The summed E-state index contributed by atoms with van der Waals surface area (Å²) in [5, 5.41) is 3.08. The van der Waals surface area contributed by atoms with Crippen molar-refractivity contribution in [2.75, 3.05) is 18.0 Å². The van der Waals surface area contributed by atoms with E-state index in [1.165, 1.54) is 72.7 Å². The van der Waals surface area contributed by atoms with Crippen LogP contribution < -0.4 is 14.4 Å². The van der Waals surface area contributed by atoms with E-state index in [-0.39, 0.29) is 35.5 Å². The Labute approximate surface area is 251 Å². The molecule has 3 aromatic carbocycles. The molecule has 1 saturated carbocycles. The summed E-state index contributed by atoms with van der Waals surface area (Å²) in [6.07, 6.45) is 5.11. The Morgan fingerprint density at radius 3 is 2.05 bits per heavy atom. The number of carbonyl (C=O) groups excluding carboxylic acids is 2. The molecule has 1 fully saturated rings. The molecular weight excluding hydrogens is 576 g/mol. The van der Waals surface area contributed by atoms with Crippen molar-refractivity contribution in [3.05, 3.63) is 90.0 Å². The van der Waals surface area contributed by atoms with Crippen molar-refractivity contribution < 1.29 is 31.5 Å². The minimum absolute atomic E-state index is 0.00392. The van der Waals surface area contributed by atoms with Gasteiger partial charge in [-0.25, -0.2) is 17.2 Å². The minimum atomic E-state index is -4.32. The Bertz CT molecular complexity index is 1480. The summed E-state index contributed by atoms with van der Waals surface area (Å²) in [5.41, 5.74) is 0.650. The van der Waals surface area contributed by atoms with E-state index < -0.39 is 40.2 Å². The third-order valence-corrected chi connectivity index (χ3v) is 9.43. The largest absolute Gasteiger partial charge is 0.497 e. The molecule has 0 heterocycles. The number of nitrogens with zero attached hydrogens (tertiary/aromatic N) is 2. The van der Waals surface area contributed by atoms with Gasteiger partial charge < -0.3 is 15.0 Å². The molecule has 1 N–H and O–H groups in total. The van der Waals surface area contributed by atoms with Crippen LogP contribution in [0, 0.1) is 11.6 Å². The highest BCUT2D eigenvalue weighted by molar-refractivity contribution is 7.92. The van der Waals surface area contributed by atoms with Crippen molar-refractivity contribution in [2.24, 2.45) is 0 Å². The van der Waals surface area contributed by atoms with Gasteiger partial charge in [0.25, 0.3) is 10.0 Å². The SMILES string of the molecule is CC[C@@H](C(=O)NC1CCCCC1)N(Cc1ccc(F)cc1)C(=O)CN(c1ccc(F)cc1)S(=O)(=O)c1ccc(OC)cc1. The third kappa shape index (κ3) is 8.10. The van der Waals surface area contributed by atoms with Gasteiger partial charge in [0.05, 0.1) is 17.7 Å². The van der Waals surface area contributed by atoms with E-state index in [0.717, 1.165) is 48.5 Å². The number of carbonyl (C=O) groups is 2. The molecule has 0 spiro atoms. The van der Waals surface area contributed by atoms with E-state index >= 15 is 0 Å². The average Bonchev–Trinajstić information content (AvgIpc) is 3.01. The van der Waals surface area contributed by atoms with Crippen LogP contribution in [0.2, 0.25) is 0 Å². The first-order valence-electron chi connectivity index (χ1n) is 14.4. The molecule has 11 heteroatoms. The second-order valence-electron chi connectivity index (χ2n) is 10.6. The van der Waals surface area contributed by atoms with Crippen molar-refractivity contribution in [1.82, 2.24) is 10.2 Å². The fourth-order valence-electron chi connectivity index (χ4n) is 5.26. The highest BCUT2D eigenvalue weighted by Gasteiger charge is 2.34. The number of hydrogen-bond acceptors (Lipinski definition) is 5. The summed E-state index contributed by atoms with van der Waals surface area (Å²) >= 11 is 0. The Morgan fingerprint density at radius 1 is 0.907 bits per heavy atom. The maximum atomic E-state index is 14.1. The molecule has 1 atom stereocenters. The van der Waals surface area contributed by atoms with Gasteiger partial charge in [-0.05, 0) is 85.5 Å². The summed E-state index contributed by atoms with van der Waals surface area (Å²) in [6, 6.07) is 15.1. The maximum Gasteiger partial charge on any atom is 0.264 e. The van der Waals surface area contributed by atoms with Gasteiger partial charge in [0.2, 0.25) is 11.8 Å². The highest BCUT2D eigenvalue weighted by atomic mass is 32.2. The first-order chi connectivity index (χ1) is 20.6. The second-order valence-corrected chi connectivity index (χ2v) is 12.4. The fourth-order valence-corrected chi connectivity index (χ4v) is 6.68. The van der Waals surface area contributed by atoms with Crippen molar-refractivity contribution in [3.8, 4) is 5.75 Å². The normalized spacial score (nSPS) is 14.5. The monoisotopic (exact) mass is 613 g/mol. The van der Waals surface area contributed by atoms with Crippen LogP contribution in [0.3, 0.4) is 0 Å². The lowest BCUT2D eigenvalue weighted by Gasteiger charge is -2.34. The quantitative estimate of drug-likeness (QED) is 0.294. The van der Waals surface area contributed by atoms with E-state index in [2.05, 4.69) is 5.32 Å². The number of amides is 2. The second kappa shape index (κ2) is 14.5. The van der Waals surface area contributed by atoms with Crippen LogP contribution in [-0.4, -0.2) is 50.9 Å². The zero-order chi connectivity index (χ0) is 31.0. The average molecular weight is 614 g/mol. The Balaban J connectivity index is 1.69. The number of ether oxygens (including phenoxy) is 1. The van der Waals surface area contributed by atoms with Crippen LogP contribution in [0.25, 0.3) is 0 Å². The fraction of sp³-hybridized carbons (Fsp3) is 0.375. The predicted molar refractivity (Wildman–Crippen MR) is 160 cm³/mol. The van der Waals surface area contributed by atoms with Gasteiger partial charge >= 0.3 is 0 Å². The molecule has 0 bridgehead atoms. The molecule has 230 valence electrons. The number of rotatable bonds is 12. The molecular formula is C32H37F2N3O5S. The number of sulfonamides is 1. The number of hydrogen-bond donors (Lipinski definition) is 1. The van der Waals surface area contributed by atoms with Crippen LogP contribution >= 0.6 is 0 Å². The molecule has 1 aliphatic carbocycles. The molecule has 4 rings (SSSR count). The van der Waals surface area contributed by atoms with Crippen LogP contribution in [0.1, 0.15) is 51.0 Å². The first-order valence-corrected chi connectivity index (χ1v) is 15.8. The molecule has 43 heavy (non-hydrogen) atoms. The topological polar surface area (TPSA) is 96.0 Å². The van der Waals surface area contributed by atoms with Crippen LogP contribution in [0.4, 0.5) is 14.5 Å². The molecule has 3 aromatic rings. The van der Waals surface area contributed by atoms with Crippen molar-refractivity contribution >= 4 is 27.5 Å². The summed E-state index contributed by atoms with van der Waals surface area (Å²) in [6.45, 7) is 1.08. The maximum absolute atomic E-state index is 14.1. The molecule has 0 saturated heterocycles. The smallest absolute Gasteiger partial charge is 0.264 e. The lowest BCUT2D eigenvalue weighted by molar-refractivity contribution is -0.140. The Morgan fingerprint density at radius 2 is 1.49 bits per heavy atom. The van der Waals surface area contributed by atoms with E-state index in [9.17, 15) is 26.8 Å². The minimum Gasteiger partial charge on any atom is -0.497 e. The van der Waals surface area contributed by atoms with E-state index in [1.54, 1.807) is 6.92 Å². The Kier molecular flexibility index (Phi) is 10.7. The van der Waals surface area contributed by atoms with E-state index in [4.69, 9.17) is 4.74 Å². The number of anilines is 1. The number of methoxy groups -OCH3 is 1. The standard InChI is InChI=1S/C32H37F2N3O5S/c1-3-30(32(39)35-26-7-5-4-6-8-26)36(21-23-9-11-24(33)12-10-23)31(38)22-37(27-15-13-25(34)14-16-27)43(40,41)29-19-17-28(42-2)18-20-29/h9-20,26,30H,3-8,21-22H2,1-2H3,(H,35,39)/t30-/m0/s1. The lowest BCUT2D eigenvalue weighted by Crippen LogP contribution is -2.54. The molecule has 1 aliphatic rings. The summed E-state index contributed by atoms with van der Waals surface area (Å²) in [5.74, 6) is -1.53. The van der Waals surface area contributed by atoms with Crippen LogP contribution in [0.5, 0.6) is 5.75 Å². The third-order valence-electron chi connectivity index (χ3n) is 7.64. The predicted octanol–water partition coefficient (Wildman–Crippen LogP) is 5.43. The number of halogens is 2. The van der Waals surface area contributed by atoms with Crippen molar-refractivity contribution in [3.63, 3.8) is 0 Å². The highest BCUT2D eigenvalue weighted by Crippen LogP contribution is 2.27. The molecule has 0 aromatic heterocycles. The summed E-state index contributed by atoms with van der Waals surface area (Å²) < 4.78 is 61.4. The van der Waals surface area contributed by atoms with Gasteiger partial charge in [-0.1, -0.05) is 38.3 Å². The zero-order valence-corrected chi connectivity index (χ0v) is 25.2. The van der Waals surface area contributed by atoms with Gasteiger partial charge in [-0.15, -0.1) is 0 Å². The molecule has 8 nitrogen and oxygen atoms in total. The van der Waals surface area contributed by atoms with E-state index in [0.29, 0.717) is 11.3 Å². The van der Waals surface area contributed by atoms with E-state index in [1.807, 2.05) is 0 Å². The summed E-state index contributed by atoms with van der Waals surface area (Å²) in [4.78, 5) is 28.9. The van der Waals surface area contributed by atoms with Gasteiger partial charge in [0.15, 0.2) is 0 Å². The van der Waals surface area contributed by atoms with Gasteiger partial charge in [0, 0.05) is 12.6 Å². The molecule has 2 amide bonds. The van der Waals surface area contributed by atoms with Crippen molar-refractivity contribution in [2.45, 2.75) is 69.0 Å². The molecule has 0 unspecified atom stereocenters. The van der Waals surface area contributed by atoms with Gasteiger partial charge in [-0.3, -0.25) is 13.9 Å². The number of benzene rings is 3. The van der Waals surface area contributed by atoms with Crippen LogP contribution in [-0.2, 0) is 26.2 Å². The van der Waals surface area contributed by atoms with Crippen molar-refractivity contribution in [1.29, 1.82) is 0 Å². The lowest BCUT2D eigenvalue weighted by atomic mass is 9.95. The van der Waals surface area contributed by atoms with Gasteiger partial charge in [-0.2, -0.15) is 0 Å². The molecule has 0 aliphatic heterocycles. The number of nitrogens with one attached hydrogen (secondary N) is 1. The van der Waals surface area contributed by atoms with Crippen LogP contribution in [0.15, 0.2) is 77.7 Å². The molecule has 0 radical (unpaired) electrons.